The molecule has 0 saturated carbocycles. The second-order valence-electron chi connectivity index (χ2n) is 14.4. The van der Waals surface area contributed by atoms with E-state index < -0.39 is 132 Å². The molecular weight excluding hydrogens is 918 g/mol. The number of rotatable bonds is 23. The Morgan fingerprint density at radius 3 is 1.80 bits per heavy atom. The normalized spacial score (nSPS) is 22.8. The molecule has 1 saturated heterocycles. The summed E-state index contributed by atoms with van der Waals surface area (Å²) in [6.07, 6.45) is -7.12. The van der Waals surface area contributed by atoms with Gasteiger partial charge in [0.1, 0.15) is 18.0 Å². The summed E-state index contributed by atoms with van der Waals surface area (Å²) in [5.74, 6) is -7.54. The van der Waals surface area contributed by atoms with Gasteiger partial charge in [0.05, 0.1) is 39.5 Å². The third kappa shape index (κ3) is 18.1. The van der Waals surface area contributed by atoms with E-state index in [0.717, 1.165) is 63.6 Å². The number of aromatic nitrogens is 2. The lowest BCUT2D eigenvalue weighted by atomic mass is 9.91. The van der Waals surface area contributed by atoms with Crippen LogP contribution in [0.15, 0.2) is 54.0 Å². The molecule has 0 spiro atoms. The summed E-state index contributed by atoms with van der Waals surface area (Å²) in [5, 5.41) is 2.32. The molecule has 370 valence electrons. The van der Waals surface area contributed by atoms with Gasteiger partial charge in [-0.2, -0.15) is 4.98 Å². The predicted octanol–water partition coefficient (Wildman–Crippen LogP) is 1.44. The fourth-order valence-corrected chi connectivity index (χ4v) is 9.67. The van der Waals surface area contributed by atoms with Gasteiger partial charge in [-0.25, -0.2) is 4.79 Å². The molecule has 0 radical (unpaired) electrons. The van der Waals surface area contributed by atoms with Crippen molar-refractivity contribution in [3.05, 3.63) is 59.7 Å². The van der Waals surface area contributed by atoms with Crippen LogP contribution < -0.4 is 20.8 Å². The molecule has 24 nitrogen and oxygen atoms in total. The Morgan fingerprint density at radius 2 is 1.35 bits per heavy atom. The number of esters is 5. The number of carbonyl (C=O) groups is 6. The third-order valence-corrected chi connectivity index (χ3v) is 12.3. The Labute approximate surface area is 382 Å². The Balaban J connectivity index is 0.00000197. The minimum atomic E-state index is -5.82. The first kappa shape index (κ1) is 57.2. The molecule has 0 aromatic carbocycles. The largest absolute Gasteiger partial charge is 0.756 e. The van der Waals surface area contributed by atoms with Gasteiger partial charge in [-0.15, -0.1) is 13.2 Å². The molecule has 66 heavy (non-hydrogen) atoms. The summed E-state index contributed by atoms with van der Waals surface area (Å²) in [6, 6.07) is 1.20. The van der Waals surface area contributed by atoms with Crippen molar-refractivity contribution in [1.82, 2.24) is 9.55 Å². The van der Waals surface area contributed by atoms with E-state index >= 15 is 0 Å². The molecule has 1 aliphatic heterocycles. The zero-order valence-corrected chi connectivity index (χ0v) is 40.1. The van der Waals surface area contributed by atoms with Crippen LogP contribution in [0.4, 0.5) is 5.82 Å². The van der Waals surface area contributed by atoms with Gasteiger partial charge in [-0.05, 0) is 38.5 Å². The second kappa shape index (κ2) is 27.0. The number of nitrogens with zero attached hydrogens (tertiary/aromatic N) is 2. The second-order valence-corrected chi connectivity index (χ2v) is 17.8. The number of anilines is 1. The van der Waals surface area contributed by atoms with E-state index in [4.69, 9.17) is 46.5 Å². The minimum absolute atomic E-state index is 0.143. The zero-order chi connectivity index (χ0) is 49.9. The lowest BCUT2D eigenvalue weighted by Crippen LogP contribution is -3.11. The van der Waals surface area contributed by atoms with Gasteiger partial charge in [0.2, 0.25) is 5.91 Å². The van der Waals surface area contributed by atoms with Crippen molar-refractivity contribution in [2.24, 2.45) is 0 Å². The van der Waals surface area contributed by atoms with Crippen molar-refractivity contribution in [1.29, 1.82) is 0 Å². The molecule has 2 heterocycles. The lowest BCUT2D eigenvalue weighted by molar-refractivity contribution is -0.894. The average molecular weight is 979 g/mol. The quantitative estimate of drug-likeness (QED) is 0.0678. The average Bonchev–Trinajstić information content (AvgIpc) is 3.53. The summed E-state index contributed by atoms with van der Waals surface area (Å²) < 4.78 is 83.1. The number of phosphoric acid groups is 1. The van der Waals surface area contributed by atoms with Crippen molar-refractivity contribution in [2.45, 2.75) is 117 Å². The van der Waals surface area contributed by atoms with Crippen LogP contribution in [0, 0.1) is 0 Å². The van der Waals surface area contributed by atoms with Gasteiger partial charge in [-0.1, -0.05) is 12.2 Å². The lowest BCUT2D eigenvalue weighted by Gasteiger charge is -2.39. The highest BCUT2D eigenvalue weighted by Gasteiger charge is 2.52. The molecule has 1 fully saturated rings. The van der Waals surface area contributed by atoms with E-state index in [0.29, 0.717) is 0 Å². The predicted molar refractivity (Wildman–Crippen MR) is 228 cm³/mol. The number of carbonyl (C=O) groups excluding carboxylic acids is 6. The molecule has 1 aromatic heterocycles. The molecule has 1 aromatic rings. The monoisotopic (exact) mass is 978 g/mol. The number of hydrogen-bond acceptors (Lipinski definition) is 21. The first-order valence-corrected chi connectivity index (χ1v) is 23.7. The topological polar surface area (TPSA) is 303 Å². The molecule has 2 aliphatic rings. The van der Waals surface area contributed by atoms with Crippen molar-refractivity contribution >= 4 is 57.0 Å². The standard InChI is InChI=1S/C34H45N3O20P2.C6H15N/c1-9-13-48-58(45,49-14-10-2)33(24-15-25(51-19(4)39)29(53-21(6)41)26(16-24)52-20(5)40)57-59(46,47)50-17-27-30(54-22(7)42)31(55-23(8)43)32(56-27)37-12-11-28(35-18(3)38)36-34(37)44;1-4-7(5-2)6-3/h9-12,15,25-27,29-33H,1-2,13-14,16-17H2,3-8H3,(H,46,47)(H,35,36,38,44);4-6H2,1-3H3/t25-,26-,27-,29+,30-,31-,32-,33-;/m1./s1. The van der Waals surface area contributed by atoms with Crippen LogP contribution in [0.25, 0.3) is 0 Å². The summed E-state index contributed by atoms with van der Waals surface area (Å²) in [4.78, 5) is 104. The van der Waals surface area contributed by atoms with E-state index in [1.165, 1.54) is 32.6 Å². The Morgan fingerprint density at radius 1 is 0.833 bits per heavy atom. The Hall–Kier alpha value is -4.90. The maximum absolute atomic E-state index is 14.5. The van der Waals surface area contributed by atoms with Crippen molar-refractivity contribution in [3.8, 4) is 0 Å². The van der Waals surface area contributed by atoms with Gasteiger partial charge in [-0.3, -0.25) is 47.0 Å². The van der Waals surface area contributed by atoms with Gasteiger partial charge in [0.25, 0.3) is 7.82 Å². The SMILES string of the molecule is C=CCOP(=O)(OCC=C)[C@@H](OP(=O)([O-])OC[C@H]1O[C@@H](n2ccc(NC(C)=O)nc2=O)[C@H](OC(C)=O)[C@@H]1OC(C)=O)C1=C[C@@H](OC(C)=O)[C@H](OC(C)=O)[C@H](OC(C)=O)C1.CC[NH+](CC)CC. The molecule has 1 amide bonds. The van der Waals surface area contributed by atoms with Crippen LogP contribution >= 0.6 is 15.4 Å². The molecule has 26 heteroatoms. The Bertz CT molecular complexity index is 2050. The van der Waals surface area contributed by atoms with E-state index in [9.17, 15) is 47.6 Å². The highest BCUT2D eigenvalue weighted by molar-refractivity contribution is 7.55. The number of ether oxygens (including phenoxy) is 6. The number of nitrogens with one attached hydrogen (secondary N) is 2. The highest BCUT2D eigenvalue weighted by atomic mass is 31.2. The van der Waals surface area contributed by atoms with Crippen LogP contribution in [-0.4, -0.2) is 127 Å². The van der Waals surface area contributed by atoms with E-state index in [-0.39, 0.29) is 11.4 Å². The minimum Gasteiger partial charge on any atom is -0.756 e. The smallest absolute Gasteiger partial charge is 0.364 e. The number of phosphoric ester groups is 1. The third-order valence-electron chi connectivity index (χ3n) is 9.20. The van der Waals surface area contributed by atoms with Crippen molar-refractivity contribution < 1.29 is 94.2 Å². The summed E-state index contributed by atoms with van der Waals surface area (Å²) in [6.45, 7) is 21.6. The number of hydrogen-bond donors (Lipinski definition) is 2. The van der Waals surface area contributed by atoms with Crippen LogP contribution in [0.5, 0.6) is 0 Å². The van der Waals surface area contributed by atoms with Gasteiger partial charge < -0.3 is 57.1 Å². The zero-order valence-electron chi connectivity index (χ0n) is 38.3. The van der Waals surface area contributed by atoms with Gasteiger partial charge >= 0.3 is 43.1 Å². The van der Waals surface area contributed by atoms with Crippen LogP contribution in [-0.2, 0) is 84.4 Å². The molecule has 0 bridgehead atoms. The molecule has 9 atom stereocenters. The van der Waals surface area contributed by atoms with Crippen molar-refractivity contribution in [3.63, 3.8) is 0 Å². The van der Waals surface area contributed by atoms with E-state index in [1.807, 2.05) is 0 Å². The molecular formula is C40H60N4O20P2. The molecule has 1 aliphatic carbocycles. The number of amides is 1. The van der Waals surface area contributed by atoms with E-state index in [2.05, 4.69) is 44.2 Å². The van der Waals surface area contributed by atoms with E-state index in [1.54, 1.807) is 4.90 Å². The number of quaternary nitrogens is 1. The molecule has 3 rings (SSSR count). The van der Waals surface area contributed by atoms with Crippen molar-refractivity contribution in [2.75, 3.05) is 44.8 Å². The molecule has 1 unspecified atom stereocenters. The summed E-state index contributed by atoms with van der Waals surface area (Å²) in [7, 11) is -10.7. The first-order chi connectivity index (χ1) is 30.9. The van der Waals surface area contributed by atoms with Crippen LogP contribution in [0.1, 0.15) is 75.0 Å². The fourth-order valence-electron chi connectivity index (χ4n) is 6.52. The maximum Gasteiger partial charge on any atom is 0.364 e. The molecule has 2 N–H and O–H groups in total. The summed E-state index contributed by atoms with van der Waals surface area (Å²) in [5.41, 5.74) is -1.35. The maximum atomic E-state index is 14.5. The Kier molecular flexibility index (Phi) is 23.5. The first-order valence-electron chi connectivity index (χ1n) is 20.6. The van der Waals surface area contributed by atoms with Gasteiger partial charge in [0.15, 0.2) is 36.5 Å². The highest BCUT2D eigenvalue weighted by Crippen LogP contribution is 2.61. The van der Waals surface area contributed by atoms with Gasteiger partial charge in [0, 0.05) is 54.2 Å². The fraction of sp³-hybridized carbons (Fsp3) is 0.600. The van der Waals surface area contributed by atoms with Crippen LogP contribution in [0.3, 0.4) is 0 Å². The summed E-state index contributed by atoms with van der Waals surface area (Å²) >= 11 is 0. The van der Waals surface area contributed by atoms with Crippen LogP contribution in [0.2, 0.25) is 0 Å².